The minimum Gasteiger partial charge on any atom is -0.351 e. The summed E-state index contributed by atoms with van der Waals surface area (Å²) in [5.41, 5.74) is 2.17. The van der Waals surface area contributed by atoms with Gasteiger partial charge in [0.25, 0.3) is 0 Å². The first-order valence-electron chi connectivity index (χ1n) is 7.54. The predicted molar refractivity (Wildman–Crippen MR) is 86.1 cm³/mol. The van der Waals surface area contributed by atoms with E-state index in [0.717, 1.165) is 12.2 Å². The number of amides is 1. The largest absolute Gasteiger partial charge is 0.351 e. The first-order chi connectivity index (χ1) is 9.49. The maximum absolute atomic E-state index is 11.7. The van der Waals surface area contributed by atoms with Gasteiger partial charge in [-0.25, -0.2) is 0 Å². The highest BCUT2D eigenvalue weighted by Crippen LogP contribution is 2.23. The number of rotatable bonds is 5. The molecule has 1 aromatic heterocycles. The molecule has 5 heteroatoms. The van der Waals surface area contributed by atoms with Crippen molar-refractivity contribution in [2.24, 2.45) is 7.05 Å². The van der Waals surface area contributed by atoms with Gasteiger partial charge in [-0.15, -0.1) is 0 Å². The van der Waals surface area contributed by atoms with Crippen LogP contribution in [-0.2, 0) is 23.8 Å². The van der Waals surface area contributed by atoms with Gasteiger partial charge in [0, 0.05) is 49.3 Å². The Hall–Kier alpha value is -1.36. The average molecular weight is 294 g/mol. The fourth-order valence-electron chi connectivity index (χ4n) is 2.20. The van der Waals surface area contributed by atoms with E-state index in [4.69, 9.17) is 0 Å². The lowest BCUT2D eigenvalue weighted by atomic mass is 9.89. The molecule has 0 aliphatic heterocycles. The van der Waals surface area contributed by atoms with Gasteiger partial charge in [0.15, 0.2) is 0 Å². The van der Waals surface area contributed by atoms with Crippen molar-refractivity contribution in [1.82, 2.24) is 20.4 Å². The standard InChI is InChI=1S/C16H30N4O/c1-15(2,3)14-12(11-20(7)19-14)10-17-9-8-13(21)18-16(4,5)6/h11,17H,8-10H2,1-7H3,(H,18,21). The molecule has 1 rings (SSSR count). The monoisotopic (exact) mass is 294 g/mol. The number of carbonyl (C=O) groups excluding carboxylic acids is 1. The first-order valence-corrected chi connectivity index (χ1v) is 7.54. The van der Waals surface area contributed by atoms with E-state index in [1.54, 1.807) is 0 Å². The summed E-state index contributed by atoms with van der Waals surface area (Å²) < 4.78 is 1.85. The Morgan fingerprint density at radius 2 is 1.86 bits per heavy atom. The van der Waals surface area contributed by atoms with E-state index in [1.165, 1.54) is 5.56 Å². The molecule has 21 heavy (non-hydrogen) atoms. The van der Waals surface area contributed by atoms with Gasteiger partial charge in [0.1, 0.15) is 0 Å². The molecular formula is C16H30N4O. The quantitative estimate of drug-likeness (QED) is 0.818. The van der Waals surface area contributed by atoms with Crippen LogP contribution in [0.2, 0.25) is 0 Å². The van der Waals surface area contributed by atoms with Crippen LogP contribution < -0.4 is 10.6 Å². The molecule has 0 fully saturated rings. The zero-order chi connectivity index (χ0) is 16.3. The van der Waals surface area contributed by atoms with Crippen molar-refractivity contribution in [3.05, 3.63) is 17.5 Å². The summed E-state index contributed by atoms with van der Waals surface area (Å²) in [5, 5.41) is 10.8. The van der Waals surface area contributed by atoms with E-state index in [1.807, 2.05) is 38.7 Å². The van der Waals surface area contributed by atoms with E-state index in [9.17, 15) is 4.79 Å². The SMILES string of the molecule is Cn1cc(CNCCC(=O)NC(C)(C)C)c(C(C)(C)C)n1. The molecule has 0 radical (unpaired) electrons. The van der Waals surface area contributed by atoms with Crippen molar-refractivity contribution in [3.63, 3.8) is 0 Å². The Bertz CT molecular complexity index is 477. The summed E-state index contributed by atoms with van der Waals surface area (Å²) in [5.74, 6) is 0.0808. The average Bonchev–Trinajstić information content (AvgIpc) is 2.63. The highest BCUT2D eigenvalue weighted by molar-refractivity contribution is 5.76. The molecule has 0 atom stereocenters. The molecule has 0 aromatic carbocycles. The van der Waals surface area contributed by atoms with Crippen molar-refractivity contribution < 1.29 is 4.79 Å². The van der Waals surface area contributed by atoms with Crippen molar-refractivity contribution in [3.8, 4) is 0 Å². The number of hydrogen-bond acceptors (Lipinski definition) is 3. The molecule has 0 unspecified atom stereocenters. The highest BCUT2D eigenvalue weighted by atomic mass is 16.1. The second kappa shape index (κ2) is 6.60. The Kier molecular flexibility index (Phi) is 5.56. The normalized spacial score (nSPS) is 12.5. The summed E-state index contributed by atoms with van der Waals surface area (Å²) in [4.78, 5) is 11.7. The lowest BCUT2D eigenvalue weighted by molar-refractivity contribution is -0.122. The van der Waals surface area contributed by atoms with E-state index in [0.29, 0.717) is 13.0 Å². The number of carbonyl (C=O) groups is 1. The molecule has 0 spiro atoms. The highest BCUT2D eigenvalue weighted by Gasteiger charge is 2.21. The molecule has 5 nitrogen and oxygen atoms in total. The van der Waals surface area contributed by atoms with Gasteiger partial charge in [-0.05, 0) is 20.8 Å². The Balaban J connectivity index is 2.45. The van der Waals surface area contributed by atoms with Crippen molar-refractivity contribution in [2.75, 3.05) is 6.54 Å². The van der Waals surface area contributed by atoms with Crippen LogP contribution in [0.1, 0.15) is 59.2 Å². The van der Waals surface area contributed by atoms with Crippen LogP contribution in [0.15, 0.2) is 6.20 Å². The lowest BCUT2D eigenvalue weighted by Gasteiger charge is -2.20. The van der Waals surface area contributed by atoms with Gasteiger partial charge >= 0.3 is 0 Å². The molecule has 0 bridgehead atoms. The molecule has 0 aliphatic carbocycles. The van der Waals surface area contributed by atoms with Gasteiger partial charge in [-0.3, -0.25) is 9.48 Å². The third kappa shape index (κ3) is 6.29. The van der Waals surface area contributed by atoms with Crippen molar-refractivity contribution in [2.45, 2.75) is 65.5 Å². The molecule has 0 saturated carbocycles. The molecule has 1 amide bonds. The van der Waals surface area contributed by atoms with Gasteiger partial charge in [-0.2, -0.15) is 5.10 Å². The summed E-state index contributed by atoms with van der Waals surface area (Å²) in [7, 11) is 1.94. The Morgan fingerprint density at radius 1 is 1.24 bits per heavy atom. The molecule has 0 saturated heterocycles. The summed E-state index contributed by atoms with van der Waals surface area (Å²) in [6.45, 7) is 13.9. The fraction of sp³-hybridized carbons (Fsp3) is 0.750. The second-order valence-electron chi connectivity index (χ2n) is 7.65. The maximum Gasteiger partial charge on any atom is 0.221 e. The topological polar surface area (TPSA) is 59.0 Å². The predicted octanol–water partition coefficient (Wildman–Crippen LogP) is 2.11. The van der Waals surface area contributed by atoms with Crippen LogP contribution in [-0.4, -0.2) is 27.8 Å². The molecule has 1 aromatic rings. The Morgan fingerprint density at radius 3 is 2.38 bits per heavy atom. The molecule has 1 heterocycles. The molecule has 0 aliphatic rings. The van der Waals surface area contributed by atoms with E-state index < -0.39 is 0 Å². The maximum atomic E-state index is 11.7. The minimum absolute atomic E-state index is 0.0296. The number of aromatic nitrogens is 2. The minimum atomic E-state index is -0.167. The number of nitrogens with one attached hydrogen (secondary N) is 2. The van der Waals surface area contributed by atoms with E-state index >= 15 is 0 Å². The summed E-state index contributed by atoms with van der Waals surface area (Å²) in [6.07, 6.45) is 2.53. The fourth-order valence-corrected chi connectivity index (χ4v) is 2.20. The van der Waals surface area contributed by atoms with E-state index in [-0.39, 0.29) is 16.9 Å². The lowest BCUT2D eigenvalue weighted by Crippen LogP contribution is -2.41. The third-order valence-corrected chi connectivity index (χ3v) is 2.97. The smallest absolute Gasteiger partial charge is 0.221 e. The van der Waals surface area contributed by atoms with Crippen LogP contribution >= 0.6 is 0 Å². The van der Waals surface area contributed by atoms with Crippen LogP contribution in [0, 0.1) is 0 Å². The molecule has 2 N–H and O–H groups in total. The number of nitrogens with zero attached hydrogens (tertiary/aromatic N) is 2. The van der Waals surface area contributed by atoms with Crippen molar-refractivity contribution in [1.29, 1.82) is 0 Å². The Labute approximate surface area is 128 Å². The van der Waals surface area contributed by atoms with Gasteiger partial charge in [-0.1, -0.05) is 20.8 Å². The van der Waals surface area contributed by atoms with Crippen LogP contribution in [0.3, 0.4) is 0 Å². The zero-order valence-electron chi connectivity index (χ0n) is 14.5. The van der Waals surface area contributed by atoms with Crippen LogP contribution in [0.25, 0.3) is 0 Å². The van der Waals surface area contributed by atoms with Crippen molar-refractivity contribution >= 4 is 5.91 Å². The van der Waals surface area contributed by atoms with Gasteiger partial charge in [0.2, 0.25) is 5.91 Å². The molecular weight excluding hydrogens is 264 g/mol. The third-order valence-electron chi connectivity index (χ3n) is 2.97. The number of aryl methyl sites for hydroxylation is 1. The number of hydrogen-bond donors (Lipinski definition) is 2. The zero-order valence-corrected chi connectivity index (χ0v) is 14.5. The van der Waals surface area contributed by atoms with E-state index in [2.05, 4.69) is 36.5 Å². The molecule has 120 valence electrons. The van der Waals surface area contributed by atoms with Crippen LogP contribution in [0.5, 0.6) is 0 Å². The van der Waals surface area contributed by atoms with Gasteiger partial charge < -0.3 is 10.6 Å². The van der Waals surface area contributed by atoms with Crippen LogP contribution in [0.4, 0.5) is 0 Å². The first kappa shape index (κ1) is 17.7. The second-order valence-corrected chi connectivity index (χ2v) is 7.65. The summed E-state index contributed by atoms with van der Waals surface area (Å²) >= 11 is 0. The summed E-state index contributed by atoms with van der Waals surface area (Å²) in [6, 6.07) is 0. The van der Waals surface area contributed by atoms with Gasteiger partial charge in [0.05, 0.1) is 5.69 Å².